The molecule has 3 heteroatoms. The van der Waals surface area contributed by atoms with Crippen LogP contribution in [0.25, 0.3) is 5.69 Å². The summed E-state index contributed by atoms with van der Waals surface area (Å²) < 4.78 is 7.74. The van der Waals surface area contributed by atoms with Crippen molar-refractivity contribution in [2.45, 2.75) is 13.8 Å². The van der Waals surface area contributed by atoms with E-state index in [4.69, 9.17) is 10.5 Å². The van der Waals surface area contributed by atoms with Gasteiger partial charge in [0.15, 0.2) is 0 Å². The van der Waals surface area contributed by atoms with Gasteiger partial charge >= 0.3 is 0 Å². The normalized spacial score (nSPS) is 10.5. The van der Waals surface area contributed by atoms with Crippen molar-refractivity contribution in [3.05, 3.63) is 47.8 Å². The molecule has 0 aliphatic rings. The standard InChI is InChI=1S/C14H18N2O/c1-11-6-7-12(2)16(11)13-4-3-5-14(10-13)17-9-8-15/h3-7,10H,8-9,15H2,1-2H3. The number of ether oxygens (including phenoxy) is 1. The highest BCUT2D eigenvalue weighted by molar-refractivity contribution is 5.42. The molecule has 0 atom stereocenters. The summed E-state index contributed by atoms with van der Waals surface area (Å²) in [7, 11) is 0. The van der Waals surface area contributed by atoms with E-state index >= 15 is 0 Å². The van der Waals surface area contributed by atoms with E-state index in [1.165, 1.54) is 11.4 Å². The van der Waals surface area contributed by atoms with Crippen LogP contribution in [0.5, 0.6) is 5.75 Å². The Kier molecular flexibility index (Phi) is 3.49. The van der Waals surface area contributed by atoms with Crippen LogP contribution in [0.15, 0.2) is 36.4 Å². The topological polar surface area (TPSA) is 40.2 Å². The maximum Gasteiger partial charge on any atom is 0.121 e. The molecule has 0 fully saturated rings. The summed E-state index contributed by atoms with van der Waals surface area (Å²) in [5.74, 6) is 0.862. The Labute approximate surface area is 102 Å². The first kappa shape index (κ1) is 11.7. The first-order valence-corrected chi connectivity index (χ1v) is 5.80. The third kappa shape index (κ3) is 2.50. The quantitative estimate of drug-likeness (QED) is 0.876. The molecule has 0 radical (unpaired) electrons. The van der Waals surface area contributed by atoms with Gasteiger partial charge in [0.25, 0.3) is 0 Å². The summed E-state index contributed by atoms with van der Waals surface area (Å²) in [6, 6.07) is 12.3. The van der Waals surface area contributed by atoms with Crippen molar-refractivity contribution in [1.82, 2.24) is 4.57 Å². The van der Waals surface area contributed by atoms with Gasteiger partial charge in [0, 0.05) is 29.7 Å². The molecule has 1 aromatic heterocycles. The van der Waals surface area contributed by atoms with Gasteiger partial charge < -0.3 is 15.0 Å². The minimum absolute atomic E-state index is 0.534. The number of rotatable bonds is 4. The van der Waals surface area contributed by atoms with Gasteiger partial charge in [0.2, 0.25) is 0 Å². The number of aryl methyl sites for hydroxylation is 2. The number of hydrogen-bond donors (Lipinski definition) is 1. The fraction of sp³-hybridized carbons (Fsp3) is 0.286. The maximum atomic E-state index is 5.54. The molecule has 0 bridgehead atoms. The van der Waals surface area contributed by atoms with Gasteiger partial charge in [0.1, 0.15) is 12.4 Å². The first-order valence-electron chi connectivity index (χ1n) is 5.80. The van der Waals surface area contributed by atoms with Crippen molar-refractivity contribution < 1.29 is 4.74 Å². The van der Waals surface area contributed by atoms with E-state index in [0.29, 0.717) is 13.2 Å². The zero-order chi connectivity index (χ0) is 12.3. The fourth-order valence-electron chi connectivity index (χ4n) is 1.96. The minimum Gasteiger partial charge on any atom is -0.492 e. The van der Waals surface area contributed by atoms with Gasteiger partial charge in [0.05, 0.1) is 0 Å². The Morgan fingerprint density at radius 1 is 1.12 bits per heavy atom. The summed E-state index contributed by atoms with van der Waals surface area (Å²) in [6.45, 7) is 5.28. The van der Waals surface area contributed by atoms with Crippen molar-refractivity contribution in [2.75, 3.05) is 13.2 Å². The molecule has 17 heavy (non-hydrogen) atoms. The molecule has 2 aromatic rings. The lowest BCUT2D eigenvalue weighted by atomic mass is 10.3. The first-order chi connectivity index (χ1) is 8.22. The Morgan fingerprint density at radius 2 is 1.82 bits per heavy atom. The number of nitrogens with zero attached hydrogens (tertiary/aromatic N) is 1. The molecule has 90 valence electrons. The summed E-state index contributed by atoms with van der Waals surface area (Å²) in [5.41, 5.74) is 8.99. The van der Waals surface area contributed by atoms with Crippen molar-refractivity contribution in [2.24, 2.45) is 5.73 Å². The summed E-state index contributed by atoms with van der Waals surface area (Å²) in [5, 5.41) is 0. The number of benzene rings is 1. The Morgan fingerprint density at radius 3 is 2.47 bits per heavy atom. The Hall–Kier alpha value is -1.74. The highest BCUT2D eigenvalue weighted by Gasteiger charge is 2.04. The SMILES string of the molecule is Cc1ccc(C)n1-c1cccc(OCCN)c1. The lowest BCUT2D eigenvalue weighted by Gasteiger charge is -2.11. The molecule has 2 rings (SSSR count). The summed E-state index contributed by atoms with van der Waals surface area (Å²) >= 11 is 0. The van der Waals surface area contributed by atoms with Gasteiger partial charge in [-0.1, -0.05) is 6.07 Å². The van der Waals surface area contributed by atoms with E-state index in [2.05, 4.69) is 36.6 Å². The highest BCUT2D eigenvalue weighted by atomic mass is 16.5. The minimum atomic E-state index is 0.534. The number of nitrogens with two attached hydrogens (primary N) is 1. The fourth-order valence-corrected chi connectivity index (χ4v) is 1.96. The molecule has 0 amide bonds. The van der Waals surface area contributed by atoms with Gasteiger partial charge in [-0.15, -0.1) is 0 Å². The lowest BCUT2D eigenvalue weighted by Crippen LogP contribution is -2.10. The van der Waals surface area contributed by atoms with Crippen LogP contribution in [0.1, 0.15) is 11.4 Å². The highest BCUT2D eigenvalue weighted by Crippen LogP contribution is 2.20. The van der Waals surface area contributed by atoms with Gasteiger partial charge in [-0.3, -0.25) is 0 Å². The van der Waals surface area contributed by atoms with Crippen LogP contribution in [0.2, 0.25) is 0 Å². The second kappa shape index (κ2) is 5.06. The molecule has 0 aliphatic carbocycles. The van der Waals surface area contributed by atoms with Crippen molar-refractivity contribution >= 4 is 0 Å². The van der Waals surface area contributed by atoms with Crippen LogP contribution >= 0.6 is 0 Å². The molecule has 0 aliphatic heterocycles. The molecule has 0 saturated heterocycles. The van der Waals surface area contributed by atoms with E-state index in [0.717, 1.165) is 11.4 Å². The van der Waals surface area contributed by atoms with Crippen LogP contribution in [0, 0.1) is 13.8 Å². The molecule has 0 spiro atoms. The predicted octanol–water partition coefficient (Wildman–Crippen LogP) is 2.43. The molecule has 0 saturated carbocycles. The van der Waals surface area contributed by atoms with Crippen LogP contribution < -0.4 is 10.5 Å². The monoisotopic (exact) mass is 230 g/mol. The van der Waals surface area contributed by atoms with Crippen LogP contribution in [0.3, 0.4) is 0 Å². The van der Waals surface area contributed by atoms with E-state index in [9.17, 15) is 0 Å². The number of hydrogen-bond acceptors (Lipinski definition) is 2. The zero-order valence-corrected chi connectivity index (χ0v) is 10.3. The molecular weight excluding hydrogens is 212 g/mol. The third-order valence-corrected chi connectivity index (χ3v) is 2.73. The lowest BCUT2D eigenvalue weighted by molar-refractivity contribution is 0.328. The maximum absolute atomic E-state index is 5.54. The van der Waals surface area contributed by atoms with E-state index in [-0.39, 0.29) is 0 Å². The molecule has 1 heterocycles. The molecule has 3 nitrogen and oxygen atoms in total. The molecular formula is C14H18N2O. The van der Waals surface area contributed by atoms with Crippen molar-refractivity contribution in [3.63, 3.8) is 0 Å². The zero-order valence-electron chi connectivity index (χ0n) is 10.3. The van der Waals surface area contributed by atoms with Gasteiger partial charge in [-0.25, -0.2) is 0 Å². The summed E-state index contributed by atoms with van der Waals surface area (Å²) in [4.78, 5) is 0. The van der Waals surface area contributed by atoms with Gasteiger partial charge in [-0.05, 0) is 38.1 Å². The van der Waals surface area contributed by atoms with Crippen molar-refractivity contribution in [3.8, 4) is 11.4 Å². The van der Waals surface area contributed by atoms with Crippen LogP contribution in [-0.4, -0.2) is 17.7 Å². The van der Waals surface area contributed by atoms with Gasteiger partial charge in [-0.2, -0.15) is 0 Å². The van der Waals surface area contributed by atoms with Crippen LogP contribution in [-0.2, 0) is 0 Å². The predicted molar refractivity (Wildman–Crippen MR) is 69.8 cm³/mol. The number of aromatic nitrogens is 1. The molecule has 2 N–H and O–H groups in total. The third-order valence-electron chi connectivity index (χ3n) is 2.73. The van der Waals surface area contributed by atoms with E-state index in [1.807, 2.05) is 18.2 Å². The molecule has 1 aromatic carbocycles. The second-order valence-electron chi connectivity index (χ2n) is 4.09. The second-order valence-corrected chi connectivity index (χ2v) is 4.09. The average Bonchev–Trinajstić information content (AvgIpc) is 2.67. The smallest absolute Gasteiger partial charge is 0.121 e. The van der Waals surface area contributed by atoms with E-state index < -0.39 is 0 Å². The van der Waals surface area contributed by atoms with Crippen molar-refractivity contribution in [1.29, 1.82) is 0 Å². The van der Waals surface area contributed by atoms with Crippen LogP contribution in [0.4, 0.5) is 0 Å². The largest absolute Gasteiger partial charge is 0.492 e. The average molecular weight is 230 g/mol. The van der Waals surface area contributed by atoms with E-state index in [1.54, 1.807) is 0 Å². The Balaban J connectivity index is 2.33. The summed E-state index contributed by atoms with van der Waals surface area (Å²) in [6.07, 6.45) is 0. The molecule has 0 unspecified atom stereocenters. The Bertz CT molecular complexity index is 483.